The molecule has 1 amide bonds. The van der Waals surface area contributed by atoms with Crippen molar-refractivity contribution >= 4 is 6.09 Å². The van der Waals surface area contributed by atoms with Crippen LogP contribution in [0, 0.1) is 22.7 Å². The van der Waals surface area contributed by atoms with Gasteiger partial charge in [-0.3, -0.25) is 9.80 Å². The molecule has 6 rings (SSSR count). The molecule has 2 aromatic carbocycles. The van der Waals surface area contributed by atoms with Gasteiger partial charge < -0.3 is 39.4 Å². The molecule has 0 spiro atoms. The van der Waals surface area contributed by atoms with E-state index in [2.05, 4.69) is 21.2 Å². The summed E-state index contributed by atoms with van der Waals surface area (Å²) in [5.74, 6) is 1.42. The predicted molar refractivity (Wildman–Crippen MR) is 162 cm³/mol. The SMILES string of the molecule is N#Cc1ccc(OCCN2CC3CNCC(C2)O3)cc1.N#Cc1ccc(OC[C@@H](O)CN2CC3CN(C(=O)O)CC(C2)O3)cc1. The van der Waals surface area contributed by atoms with Gasteiger partial charge in [0.05, 0.1) is 60.8 Å². The number of rotatable bonds is 9. The largest absolute Gasteiger partial charge is 0.492 e. The van der Waals surface area contributed by atoms with Crippen LogP contribution in [0.1, 0.15) is 11.1 Å². The van der Waals surface area contributed by atoms with E-state index in [0.717, 1.165) is 38.5 Å². The van der Waals surface area contributed by atoms with E-state index < -0.39 is 12.2 Å². The molecular formula is C32H40N6O7. The second kappa shape index (κ2) is 15.9. The van der Waals surface area contributed by atoms with Crippen molar-refractivity contribution in [1.82, 2.24) is 20.0 Å². The molecule has 0 saturated carbocycles. The number of morpholine rings is 4. The minimum atomic E-state index is -0.914. The molecule has 240 valence electrons. The fourth-order valence-electron chi connectivity index (χ4n) is 5.99. The Morgan fingerprint density at radius 3 is 1.87 bits per heavy atom. The number of hydrogen-bond donors (Lipinski definition) is 3. The van der Waals surface area contributed by atoms with E-state index in [1.165, 1.54) is 4.90 Å². The lowest BCUT2D eigenvalue weighted by molar-refractivity contribution is -0.136. The molecule has 4 fully saturated rings. The quantitative estimate of drug-likeness (QED) is 0.365. The topological polar surface area (TPSA) is 164 Å². The molecule has 0 aliphatic carbocycles. The molecule has 45 heavy (non-hydrogen) atoms. The maximum Gasteiger partial charge on any atom is 0.407 e. The van der Waals surface area contributed by atoms with Crippen molar-refractivity contribution in [2.75, 3.05) is 78.7 Å². The van der Waals surface area contributed by atoms with Crippen molar-refractivity contribution in [1.29, 1.82) is 10.5 Å². The summed E-state index contributed by atoms with van der Waals surface area (Å²) in [6, 6.07) is 18.1. The van der Waals surface area contributed by atoms with E-state index in [4.69, 9.17) is 34.6 Å². The highest BCUT2D eigenvalue weighted by atomic mass is 16.5. The zero-order chi connectivity index (χ0) is 31.6. The van der Waals surface area contributed by atoms with E-state index in [-0.39, 0.29) is 18.8 Å². The number of aliphatic hydroxyl groups is 1. The fraction of sp³-hybridized carbons (Fsp3) is 0.531. The van der Waals surface area contributed by atoms with E-state index in [9.17, 15) is 9.90 Å². The molecular weight excluding hydrogens is 580 g/mol. The van der Waals surface area contributed by atoms with Crippen LogP contribution in [0.15, 0.2) is 48.5 Å². The average Bonchev–Trinajstić information content (AvgIpc) is 3.04. The van der Waals surface area contributed by atoms with Crippen LogP contribution in [0.25, 0.3) is 0 Å². The van der Waals surface area contributed by atoms with Gasteiger partial charge in [0.2, 0.25) is 0 Å². The van der Waals surface area contributed by atoms with Crippen LogP contribution in [0.4, 0.5) is 4.79 Å². The molecule has 13 nitrogen and oxygen atoms in total. The highest BCUT2D eigenvalue weighted by Gasteiger charge is 2.37. The van der Waals surface area contributed by atoms with Crippen molar-refractivity contribution in [2.24, 2.45) is 0 Å². The third kappa shape index (κ3) is 9.77. The highest BCUT2D eigenvalue weighted by molar-refractivity contribution is 5.65. The number of nitriles is 2. The van der Waals surface area contributed by atoms with Gasteiger partial charge >= 0.3 is 6.09 Å². The maximum absolute atomic E-state index is 11.1. The van der Waals surface area contributed by atoms with Crippen molar-refractivity contribution in [2.45, 2.75) is 30.5 Å². The van der Waals surface area contributed by atoms with Crippen LogP contribution >= 0.6 is 0 Å². The monoisotopic (exact) mass is 620 g/mol. The number of β-amino-alcohol motifs (C(OH)–C–C–N with tert-alkyl or cyclic N) is 1. The van der Waals surface area contributed by atoms with E-state index in [1.54, 1.807) is 36.4 Å². The van der Waals surface area contributed by atoms with E-state index in [1.807, 2.05) is 18.2 Å². The minimum absolute atomic E-state index is 0.153. The number of carbonyl (C=O) groups is 1. The van der Waals surface area contributed by atoms with Gasteiger partial charge in [-0.2, -0.15) is 10.5 Å². The third-order valence-corrected chi connectivity index (χ3v) is 8.03. The summed E-state index contributed by atoms with van der Waals surface area (Å²) in [5, 5.41) is 40.2. The summed E-state index contributed by atoms with van der Waals surface area (Å²) < 4.78 is 22.9. The summed E-state index contributed by atoms with van der Waals surface area (Å²) in [5.41, 5.74) is 1.22. The van der Waals surface area contributed by atoms with Gasteiger partial charge in [0.15, 0.2) is 0 Å². The number of carboxylic acid groups (broad SMARTS) is 1. The Bertz CT molecular complexity index is 1310. The van der Waals surface area contributed by atoms with Gasteiger partial charge in [-0.25, -0.2) is 4.79 Å². The van der Waals surface area contributed by atoms with Crippen LogP contribution < -0.4 is 14.8 Å². The zero-order valence-electron chi connectivity index (χ0n) is 25.2. The number of nitrogens with zero attached hydrogens (tertiary/aromatic N) is 5. The Hall–Kier alpha value is -3.95. The van der Waals surface area contributed by atoms with E-state index in [0.29, 0.717) is 68.4 Å². The maximum atomic E-state index is 11.1. The first-order chi connectivity index (χ1) is 21.9. The minimum Gasteiger partial charge on any atom is -0.492 e. The number of amides is 1. The number of hydrogen-bond acceptors (Lipinski definition) is 11. The zero-order valence-corrected chi connectivity index (χ0v) is 25.2. The molecule has 3 N–H and O–H groups in total. The summed E-state index contributed by atoms with van der Waals surface area (Å²) in [7, 11) is 0. The molecule has 4 aliphatic heterocycles. The summed E-state index contributed by atoms with van der Waals surface area (Å²) in [6.07, 6.45) is -1.26. The van der Waals surface area contributed by atoms with Crippen LogP contribution in [-0.4, -0.2) is 140 Å². The molecule has 5 atom stereocenters. The number of aliphatic hydroxyl groups excluding tert-OH is 1. The summed E-state index contributed by atoms with van der Waals surface area (Å²) >= 11 is 0. The first-order valence-corrected chi connectivity index (χ1v) is 15.2. The number of fused-ring (bicyclic) bond motifs is 4. The van der Waals surface area contributed by atoms with Gasteiger partial charge in [-0.05, 0) is 48.5 Å². The summed E-state index contributed by atoms with van der Waals surface area (Å²) in [6.45, 7) is 7.92. The van der Waals surface area contributed by atoms with Crippen LogP contribution in [-0.2, 0) is 9.47 Å². The average molecular weight is 621 g/mol. The molecule has 4 bridgehead atoms. The molecule has 0 radical (unpaired) electrons. The standard InChI is InChI=1S/C17H21N3O5.C15H19N3O2/c18-5-12-1-3-14(4-2-12)24-11-13(21)6-19-7-15-9-20(17(22)23)10-16(8-19)25-15;16-7-12-1-3-13(4-2-12)19-6-5-18-10-14-8-17-9-15(11-18)20-14/h1-4,13,15-16,21H,6-11H2,(H,22,23);1-4,14-15,17H,5-6,8-11H2/t13-,15?,16?;/m0./s1. The Balaban J connectivity index is 0.000000182. The molecule has 0 aromatic heterocycles. The second-order valence-corrected chi connectivity index (χ2v) is 11.7. The van der Waals surface area contributed by atoms with Gasteiger partial charge in [-0.15, -0.1) is 0 Å². The first kappa shape index (κ1) is 32.4. The van der Waals surface area contributed by atoms with Gasteiger partial charge in [-0.1, -0.05) is 0 Å². The Kier molecular flexibility index (Phi) is 11.4. The molecule has 4 heterocycles. The van der Waals surface area contributed by atoms with E-state index >= 15 is 0 Å². The normalized spacial score (nSPS) is 25.1. The third-order valence-electron chi connectivity index (χ3n) is 8.03. The Morgan fingerprint density at radius 1 is 0.822 bits per heavy atom. The molecule has 2 aromatic rings. The van der Waals surface area contributed by atoms with Gasteiger partial charge in [0.1, 0.15) is 30.8 Å². The predicted octanol–water partition coefficient (Wildman–Crippen LogP) is 0.971. The fourth-order valence-corrected chi connectivity index (χ4v) is 5.99. The smallest absolute Gasteiger partial charge is 0.407 e. The number of ether oxygens (including phenoxy) is 4. The first-order valence-electron chi connectivity index (χ1n) is 15.2. The van der Waals surface area contributed by atoms with Gasteiger partial charge in [0, 0.05) is 52.4 Å². The van der Waals surface area contributed by atoms with Crippen molar-refractivity contribution in [3.8, 4) is 23.6 Å². The van der Waals surface area contributed by atoms with Crippen molar-refractivity contribution in [3.05, 3.63) is 59.7 Å². The lowest BCUT2D eigenvalue weighted by Gasteiger charge is -2.45. The number of nitrogens with one attached hydrogen (secondary N) is 1. The Morgan fingerprint density at radius 2 is 1.33 bits per heavy atom. The highest BCUT2D eigenvalue weighted by Crippen LogP contribution is 2.20. The number of benzene rings is 2. The molecule has 4 saturated heterocycles. The Labute approximate surface area is 263 Å². The van der Waals surface area contributed by atoms with Crippen LogP contribution in [0.3, 0.4) is 0 Å². The lowest BCUT2D eigenvalue weighted by atomic mass is 10.1. The van der Waals surface area contributed by atoms with Gasteiger partial charge in [0.25, 0.3) is 0 Å². The summed E-state index contributed by atoms with van der Waals surface area (Å²) in [4.78, 5) is 17.0. The van der Waals surface area contributed by atoms with Crippen LogP contribution in [0.5, 0.6) is 11.5 Å². The molecule has 4 unspecified atom stereocenters. The van der Waals surface area contributed by atoms with Crippen LogP contribution in [0.2, 0.25) is 0 Å². The van der Waals surface area contributed by atoms with Crippen molar-refractivity contribution in [3.63, 3.8) is 0 Å². The molecule has 13 heteroatoms. The van der Waals surface area contributed by atoms with Crippen molar-refractivity contribution < 1.29 is 34.0 Å². The second-order valence-electron chi connectivity index (χ2n) is 11.7. The lowest BCUT2D eigenvalue weighted by Crippen LogP contribution is -2.61. The molecule has 4 aliphatic rings.